The molecule has 222 valence electrons. The average Bonchev–Trinajstić information content (AvgIpc) is 3.59. The highest BCUT2D eigenvalue weighted by atomic mass is 16.7. The molecule has 4 heteroatoms. The van der Waals surface area contributed by atoms with Crippen LogP contribution in [0.15, 0.2) is 83.3 Å². The molecule has 5 aromatic rings. The summed E-state index contributed by atoms with van der Waals surface area (Å²) >= 11 is 0. The van der Waals surface area contributed by atoms with Gasteiger partial charge in [-0.2, -0.15) is 0 Å². The third-order valence-corrected chi connectivity index (χ3v) is 12.2. The van der Waals surface area contributed by atoms with Crippen LogP contribution in [0.3, 0.4) is 0 Å². The van der Waals surface area contributed by atoms with E-state index in [1.165, 1.54) is 59.7 Å². The fourth-order valence-corrected chi connectivity index (χ4v) is 9.51. The Labute approximate surface area is 261 Å². The quantitative estimate of drug-likeness (QED) is 0.195. The Bertz CT molecular complexity index is 1950. The number of benzene rings is 4. The SMILES string of the molecule is CC1CC2CCC3(c4ccccc4-c4cc(-c5cccc6oc7cc(B8OC(C)(C)C(C)(C)O8)ccc7c56)ccc43)C(C1)C2. The zero-order chi connectivity index (χ0) is 30.0. The summed E-state index contributed by atoms with van der Waals surface area (Å²) < 4.78 is 19.2. The smallest absolute Gasteiger partial charge is 0.456 e. The van der Waals surface area contributed by atoms with Gasteiger partial charge in [0.25, 0.3) is 0 Å². The van der Waals surface area contributed by atoms with Crippen molar-refractivity contribution in [1.29, 1.82) is 0 Å². The molecule has 4 aromatic carbocycles. The predicted octanol–water partition coefficient (Wildman–Crippen LogP) is 9.66. The highest BCUT2D eigenvalue weighted by molar-refractivity contribution is 6.62. The summed E-state index contributed by atoms with van der Waals surface area (Å²) in [4.78, 5) is 0. The third-order valence-electron chi connectivity index (χ3n) is 12.2. The summed E-state index contributed by atoms with van der Waals surface area (Å²) in [6.07, 6.45) is 6.78. The first-order valence-electron chi connectivity index (χ1n) is 16.7. The Morgan fingerprint density at radius 3 is 2.32 bits per heavy atom. The second kappa shape index (κ2) is 9.11. The zero-order valence-corrected chi connectivity index (χ0v) is 26.6. The second-order valence-electron chi connectivity index (χ2n) is 15.3. The number of rotatable bonds is 2. The molecular formula is C40H41BO3. The fraction of sp³-hybridized carbons (Fsp3) is 0.400. The van der Waals surface area contributed by atoms with Crippen molar-refractivity contribution in [2.45, 2.75) is 83.3 Å². The van der Waals surface area contributed by atoms with Gasteiger partial charge in [0.2, 0.25) is 0 Å². The van der Waals surface area contributed by atoms with Gasteiger partial charge in [-0.15, -0.1) is 0 Å². The summed E-state index contributed by atoms with van der Waals surface area (Å²) in [6, 6.07) is 29.6. The minimum atomic E-state index is -0.414. The molecule has 4 unspecified atom stereocenters. The van der Waals surface area contributed by atoms with Gasteiger partial charge in [-0.05, 0) is 135 Å². The van der Waals surface area contributed by atoms with Crippen LogP contribution < -0.4 is 5.46 Å². The normalized spacial score (nSPS) is 28.1. The largest absolute Gasteiger partial charge is 0.494 e. The lowest BCUT2D eigenvalue weighted by Gasteiger charge is -2.50. The van der Waals surface area contributed by atoms with Crippen LogP contribution in [0, 0.1) is 17.8 Å². The lowest BCUT2D eigenvalue weighted by molar-refractivity contribution is 0.00578. The summed E-state index contributed by atoms with van der Waals surface area (Å²) in [7, 11) is -0.414. The van der Waals surface area contributed by atoms with Crippen LogP contribution in [-0.2, 0) is 14.7 Å². The zero-order valence-electron chi connectivity index (χ0n) is 26.6. The highest BCUT2D eigenvalue weighted by Gasteiger charge is 2.53. The van der Waals surface area contributed by atoms with Crippen molar-refractivity contribution in [2.24, 2.45) is 17.8 Å². The second-order valence-corrected chi connectivity index (χ2v) is 15.3. The minimum absolute atomic E-state index is 0.161. The first-order valence-corrected chi connectivity index (χ1v) is 16.7. The van der Waals surface area contributed by atoms with Crippen LogP contribution in [0.4, 0.5) is 0 Å². The molecule has 3 nitrogen and oxygen atoms in total. The lowest BCUT2D eigenvalue weighted by Crippen LogP contribution is -2.44. The van der Waals surface area contributed by atoms with Gasteiger partial charge in [0.1, 0.15) is 11.2 Å². The molecule has 1 saturated heterocycles. The molecule has 9 rings (SSSR count). The van der Waals surface area contributed by atoms with Crippen LogP contribution in [0.1, 0.15) is 77.8 Å². The van der Waals surface area contributed by atoms with E-state index in [0.717, 1.165) is 39.8 Å². The van der Waals surface area contributed by atoms with Gasteiger partial charge in [-0.3, -0.25) is 0 Å². The van der Waals surface area contributed by atoms with E-state index in [-0.39, 0.29) is 16.6 Å². The lowest BCUT2D eigenvalue weighted by atomic mass is 9.53. The predicted molar refractivity (Wildman–Crippen MR) is 180 cm³/mol. The average molecular weight is 581 g/mol. The maximum atomic E-state index is 6.50. The summed E-state index contributed by atoms with van der Waals surface area (Å²) in [5, 5.41) is 2.30. The van der Waals surface area contributed by atoms with Crippen LogP contribution in [-0.4, -0.2) is 18.3 Å². The molecule has 1 aromatic heterocycles. The molecule has 3 aliphatic carbocycles. The van der Waals surface area contributed by atoms with Crippen molar-refractivity contribution >= 4 is 34.5 Å². The maximum absolute atomic E-state index is 6.50. The fourth-order valence-electron chi connectivity index (χ4n) is 9.51. The van der Waals surface area contributed by atoms with Gasteiger partial charge in [-0.1, -0.05) is 67.6 Å². The van der Waals surface area contributed by atoms with Crippen LogP contribution in [0.2, 0.25) is 0 Å². The van der Waals surface area contributed by atoms with Gasteiger partial charge in [0, 0.05) is 16.2 Å². The number of fused-ring (bicyclic) bond motifs is 11. The van der Waals surface area contributed by atoms with E-state index < -0.39 is 7.12 Å². The summed E-state index contributed by atoms with van der Waals surface area (Å²) in [5.74, 6) is 2.46. The molecule has 1 spiro atoms. The van der Waals surface area contributed by atoms with Crippen LogP contribution >= 0.6 is 0 Å². The van der Waals surface area contributed by atoms with E-state index in [0.29, 0.717) is 0 Å². The Kier molecular flexibility index (Phi) is 5.60. The van der Waals surface area contributed by atoms with Crippen molar-refractivity contribution in [3.63, 3.8) is 0 Å². The molecule has 4 aliphatic rings. The number of furan rings is 1. The Morgan fingerprint density at radius 2 is 1.48 bits per heavy atom. The molecule has 0 radical (unpaired) electrons. The first kappa shape index (κ1) is 27.0. The summed E-state index contributed by atoms with van der Waals surface area (Å²) in [5.41, 5.74) is 10.7. The molecule has 44 heavy (non-hydrogen) atoms. The third kappa shape index (κ3) is 3.65. The Hall–Kier alpha value is -3.34. The van der Waals surface area contributed by atoms with Crippen molar-refractivity contribution in [1.82, 2.24) is 0 Å². The van der Waals surface area contributed by atoms with E-state index in [4.69, 9.17) is 13.7 Å². The van der Waals surface area contributed by atoms with Crippen molar-refractivity contribution in [2.75, 3.05) is 0 Å². The highest BCUT2D eigenvalue weighted by Crippen LogP contribution is 2.62. The van der Waals surface area contributed by atoms with Gasteiger partial charge >= 0.3 is 7.12 Å². The Morgan fingerprint density at radius 1 is 0.705 bits per heavy atom. The van der Waals surface area contributed by atoms with E-state index in [1.807, 2.05) is 0 Å². The molecular weight excluding hydrogens is 539 g/mol. The topological polar surface area (TPSA) is 31.6 Å². The van der Waals surface area contributed by atoms with Gasteiger partial charge in [-0.25, -0.2) is 0 Å². The molecule has 0 N–H and O–H groups in total. The molecule has 4 atom stereocenters. The van der Waals surface area contributed by atoms with E-state index in [9.17, 15) is 0 Å². The monoisotopic (exact) mass is 580 g/mol. The van der Waals surface area contributed by atoms with Crippen LogP contribution in [0.5, 0.6) is 0 Å². The molecule has 2 heterocycles. The van der Waals surface area contributed by atoms with Gasteiger partial charge in [0.15, 0.2) is 0 Å². The summed E-state index contributed by atoms with van der Waals surface area (Å²) in [6.45, 7) is 10.9. The van der Waals surface area contributed by atoms with Crippen molar-refractivity contribution in [3.05, 3.63) is 90.0 Å². The number of hydrogen-bond donors (Lipinski definition) is 0. The van der Waals surface area contributed by atoms with E-state index in [2.05, 4.69) is 113 Å². The molecule has 0 amide bonds. The Balaban J connectivity index is 1.16. The minimum Gasteiger partial charge on any atom is -0.456 e. The maximum Gasteiger partial charge on any atom is 0.494 e. The van der Waals surface area contributed by atoms with E-state index >= 15 is 0 Å². The molecule has 2 saturated carbocycles. The van der Waals surface area contributed by atoms with Crippen LogP contribution in [0.25, 0.3) is 44.2 Å². The van der Waals surface area contributed by atoms with Gasteiger partial charge < -0.3 is 13.7 Å². The molecule has 3 fully saturated rings. The van der Waals surface area contributed by atoms with Gasteiger partial charge in [0.05, 0.1) is 11.2 Å². The first-order chi connectivity index (χ1) is 21.1. The molecule has 2 bridgehead atoms. The molecule has 1 aliphatic heterocycles. The standard InChI is InChI=1S/C40H41BO3/c1-24-19-25-17-18-40(27(20-24)21-25)33-11-7-6-9-30(33)32-22-26(13-16-34(32)40)29-10-8-12-35-37(29)31-15-14-28(23-36(31)42-35)41-43-38(2,3)39(4,5)44-41/h6-16,22-25,27H,17-21H2,1-5H3. The van der Waals surface area contributed by atoms with Crippen molar-refractivity contribution < 1.29 is 13.7 Å². The van der Waals surface area contributed by atoms with E-state index in [1.54, 1.807) is 11.1 Å². The number of hydrogen-bond acceptors (Lipinski definition) is 3. The van der Waals surface area contributed by atoms with Crippen molar-refractivity contribution in [3.8, 4) is 22.3 Å².